The number of aryl methyl sites for hydroxylation is 1. The molecule has 1 unspecified atom stereocenters. The van der Waals surface area contributed by atoms with Crippen molar-refractivity contribution >= 4 is 34.0 Å². The minimum Gasteiger partial charge on any atom is -0.330 e. The number of nitrogens with one attached hydrogen (secondary N) is 1. The van der Waals surface area contributed by atoms with Crippen LogP contribution in [0.5, 0.6) is 0 Å². The van der Waals surface area contributed by atoms with Crippen LogP contribution < -0.4 is 11.1 Å². The number of hydrogen-bond acceptors (Lipinski definition) is 4. The van der Waals surface area contributed by atoms with Crippen LogP contribution in [0.4, 0.5) is 5.69 Å². The molecular formula is C15H26ClN3O3S. The Morgan fingerprint density at radius 1 is 1.30 bits per heavy atom. The van der Waals surface area contributed by atoms with Gasteiger partial charge < -0.3 is 11.1 Å². The number of nitrogens with zero attached hydrogens (tertiary/aromatic N) is 1. The van der Waals surface area contributed by atoms with Gasteiger partial charge in [0.15, 0.2) is 0 Å². The molecule has 23 heavy (non-hydrogen) atoms. The Bertz CT molecular complexity index is 631. The van der Waals surface area contributed by atoms with Crippen LogP contribution in [0.3, 0.4) is 0 Å². The number of hydrogen-bond donors (Lipinski definition) is 2. The van der Waals surface area contributed by atoms with E-state index in [1.165, 1.54) is 10.4 Å². The second-order valence-corrected chi connectivity index (χ2v) is 7.10. The van der Waals surface area contributed by atoms with Gasteiger partial charge in [0.25, 0.3) is 0 Å². The van der Waals surface area contributed by atoms with Gasteiger partial charge in [0.1, 0.15) is 0 Å². The molecule has 1 aromatic carbocycles. The van der Waals surface area contributed by atoms with Crippen LogP contribution in [-0.2, 0) is 14.8 Å². The molecule has 1 rings (SSSR count). The predicted octanol–water partition coefficient (Wildman–Crippen LogP) is 1.98. The van der Waals surface area contributed by atoms with Crippen molar-refractivity contribution in [3.63, 3.8) is 0 Å². The number of carbonyl (C=O) groups is 1. The van der Waals surface area contributed by atoms with Gasteiger partial charge in [-0.15, -0.1) is 12.4 Å². The van der Waals surface area contributed by atoms with Crippen LogP contribution in [-0.4, -0.2) is 38.3 Å². The van der Waals surface area contributed by atoms with E-state index >= 15 is 0 Å². The molecule has 8 heteroatoms. The molecule has 6 nitrogen and oxygen atoms in total. The topological polar surface area (TPSA) is 92.5 Å². The van der Waals surface area contributed by atoms with Crippen LogP contribution in [0.2, 0.25) is 0 Å². The largest absolute Gasteiger partial charge is 0.330 e. The molecule has 0 aliphatic carbocycles. The quantitative estimate of drug-likeness (QED) is 0.774. The van der Waals surface area contributed by atoms with E-state index in [2.05, 4.69) is 5.32 Å². The Labute approximate surface area is 144 Å². The molecule has 0 bridgehead atoms. The average molecular weight is 364 g/mol. The zero-order valence-electron chi connectivity index (χ0n) is 14.0. The number of rotatable bonds is 7. The lowest BCUT2D eigenvalue weighted by molar-refractivity contribution is -0.119. The van der Waals surface area contributed by atoms with E-state index in [9.17, 15) is 13.2 Å². The van der Waals surface area contributed by atoms with Crippen molar-refractivity contribution < 1.29 is 13.2 Å². The molecule has 0 spiro atoms. The van der Waals surface area contributed by atoms with Gasteiger partial charge in [0.2, 0.25) is 15.9 Å². The summed E-state index contributed by atoms with van der Waals surface area (Å²) in [7, 11) is -3.56. The zero-order valence-corrected chi connectivity index (χ0v) is 15.6. The number of benzene rings is 1. The Balaban J connectivity index is 0.00000484. The maximum Gasteiger partial charge on any atom is 0.243 e. The molecule has 0 aromatic heterocycles. The van der Waals surface area contributed by atoms with Crippen molar-refractivity contribution in [3.8, 4) is 0 Å². The highest BCUT2D eigenvalue weighted by atomic mass is 35.5. The predicted molar refractivity (Wildman–Crippen MR) is 95.4 cm³/mol. The number of nitrogens with two attached hydrogens (primary N) is 1. The minimum atomic E-state index is -3.56. The fourth-order valence-corrected chi connectivity index (χ4v) is 3.74. The van der Waals surface area contributed by atoms with Crippen LogP contribution in [0.1, 0.15) is 26.3 Å². The standard InChI is InChI=1S/C15H25N3O3S.ClH/c1-5-18(6-2)22(20,21)14-9-13(8-7-11(14)3)17-15(19)12(4)10-16;/h7-9,12H,5-6,10,16H2,1-4H3,(H,17,19);1H. The molecule has 0 fully saturated rings. The first kappa shape index (κ1) is 21.9. The van der Waals surface area contributed by atoms with Gasteiger partial charge in [-0.1, -0.05) is 26.8 Å². The summed E-state index contributed by atoms with van der Waals surface area (Å²) < 4.78 is 26.7. The molecule has 0 aliphatic heterocycles. The Kier molecular flexibility index (Phi) is 8.76. The molecule has 0 saturated carbocycles. The molecule has 1 amide bonds. The molecule has 0 heterocycles. The first-order valence-electron chi connectivity index (χ1n) is 7.39. The van der Waals surface area contributed by atoms with Gasteiger partial charge in [-0.2, -0.15) is 4.31 Å². The lowest BCUT2D eigenvalue weighted by Crippen LogP contribution is -2.31. The monoisotopic (exact) mass is 363 g/mol. The lowest BCUT2D eigenvalue weighted by Gasteiger charge is -2.20. The third-order valence-corrected chi connectivity index (χ3v) is 5.77. The number of carbonyl (C=O) groups excluding carboxylic acids is 1. The summed E-state index contributed by atoms with van der Waals surface area (Å²) in [5.74, 6) is -0.554. The number of amides is 1. The molecular weight excluding hydrogens is 338 g/mol. The van der Waals surface area contributed by atoms with Gasteiger partial charge in [-0.05, 0) is 24.6 Å². The van der Waals surface area contributed by atoms with Crippen molar-refractivity contribution in [1.82, 2.24) is 4.31 Å². The summed E-state index contributed by atoms with van der Waals surface area (Å²) in [5, 5.41) is 2.71. The molecule has 1 aromatic rings. The first-order valence-corrected chi connectivity index (χ1v) is 8.83. The van der Waals surface area contributed by atoms with Gasteiger partial charge in [0.05, 0.1) is 4.90 Å². The highest BCUT2D eigenvalue weighted by Crippen LogP contribution is 2.23. The average Bonchev–Trinajstić information content (AvgIpc) is 2.48. The highest BCUT2D eigenvalue weighted by molar-refractivity contribution is 7.89. The van der Waals surface area contributed by atoms with E-state index in [1.807, 2.05) is 0 Å². The fourth-order valence-electron chi connectivity index (χ4n) is 2.03. The third kappa shape index (κ3) is 5.17. The van der Waals surface area contributed by atoms with Gasteiger partial charge in [-0.3, -0.25) is 4.79 Å². The Hall–Kier alpha value is -1.15. The molecule has 1 atom stereocenters. The van der Waals surface area contributed by atoms with Gasteiger partial charge in [-0.25, -0.2) is 8.42 Å². The molecule has 0 saturated heterocycles. The molecule has 132 valence electrons. The molecule has 3 N–H and O–H groups in total. The van der Waals surface area contributed by atoms with Crippen molar-refractivity contribution in [2.24, 2.45) is 11.7 Å². The maximum atomic E-state index is 12.6. The lowest BCUT2D eigenvalue weighted by atomic mass is 10.1. The van der Waals surface area contributed by atoms with Crippen molar-refractivity contribution in [3.05, 3.63) is 23.8 Å². The number of sulfonamides is 1. The van der Waals surface area contributed by atoms with Crippen molar-refractivity contribution in [2.75, 3.05) is 25.0 Å². The minimum absolute atomic E-state index is 0. The zero-order chi connectivity index (χ0) is 16.9. The summed E-state index contributed by atoms with van der Waals surface area (Å²) in [5.41, 5.74) is 6.57. The van der Waals surface area contributed by atoms with Crippen molar-refractivity contribution in [1.29, 1.82) is 0 Å². The fraction of sp³-hybridized carbons (Fsp3) is 0.533. The summed E-state index contributed by atoms with van der Waals surface area (Å²) >= 11 is 0. The summed E-state index contributed by atoms with van der Waals surface area (Å²) in [6.45, 7) is 8.10. The van der Waals surface area contributed by atoms with Crippen LogP contribution in [0, 0.1) is 12.8 Å². The third-order valence-electron chi connectivity index (χ3n) is 3.58. The SMILES string of the molecule is CCN(CC)S(=O)(=O)c1cc(NC(=O)C(C)CN)ccc1C.Cl. The summed E-state index contributed by atoms with van der Waals surface area (Å²) in [6, 6.07) is 4.89. The van der Waals surface area contributed by atoms with Crippen LogP contribution in [0.15, 0.2) is 23.1 Å². The molecule has 0 aliphatic rings. The van der Waals surface area contributed by atoms with Crippen LogP contribution >= 0.6 is 12.4 Å². The second kappa shape index (κ2) is 9.22. The summed E-state index contributed by atoms with van der Waals surface area (Å²) in [4.78, 5) is 12.1. The van der Waals surface area contributed by atoms with E-state index in [0.717, 1.165) is 0 Å². The van der Waals surface area contributed by atoms with E-state index in [-0.39, 0.29) is 35.7 Å². The summed E-state index contributed by atoms with van der Waals surface area (Å²) in [6.07, 6.45) is 0. The van der Waals surface area contributed by atoms with Crippen LogP contribution in [0.25, 0.3) is 0 Å². The first-order chi connectivity index (χ1) is 10.3. The van der Waals surface area contributed by atoms with E-state index in [1.54, 1.807) is 39.8 Å². The smallest absolute Gasteiger partial charge is 0.243 e. The van der Waals surface area contributed by atoms with Crippen molar-refractivity contribution in [2.45, 2.75) is 32.6 Å². The van der Waals surface area contributed by atoms with E-state index in [0.29, 0.717) is 24.3 Å². The highest BCUT2D eigenvalue weighted by Gasteiger charge is 2.24. The molecule has 0 radical (unpaired) electrons. The maximum absolute atomic E-state index is 12.6. The normalized spacial score (nSPS) is 12.6. The van der Waals surface area contributed by atoms with Gasteiger partial charge >= 0.3 is 0 Å². The second-order valence-electron chi connectivity index (χ2n) is 5.20. The Morgan fingerprint density at radius 3 is 2.35 bits per heavy atom. The van der Waals surface area contributed by atoms with E-state index in [4.69, 9.17) is 5.73 Å². The Morgan fingerprint density at radius 2 is 1.87 bits per heavy atom. The van der Waals surface area contributed by atoms with Gasteiger partial charge in [0, 0.05) is 31.2 Å². The number of halogens is 1. The van der Waals surface area contributed by atoms with E-state index < -0.39 is 10.0 Å². The number of anilines is 1.